The standard InChI is InChI=1S/C16H19FN2O3/c1-22-13-8-11(17)2-3-12(13)19-6-4-16(5-7-19)9-14(20)18-15(21)10-16/h2-3,8H,4-7,9-10H2,1H3,(H,18,20,21). The number of imide groups is 1. The van der Waals surface area contributed by atoms with E-state index >= 15 is 0 Å². The van der Waals surface area contributed by atoms with Crippen molar-refractivity contribution in [2.45, 2.75) is 25.7 Å². The molecule has 118 valence electrons. The molecule has 6 heteroatoms. The molecule has 5 nitrogen and oxygen atoms in total. The Balaban J connectivity index is 1.74. The molecule has 1 spiro atoms. The second kappa shape index (κ2) is 5.59. The smallest absolute Gasteiger partial charge is 0.227 e. The van der Waals surface area contributed by atoms with E-state index in [-0.39, 0.29) is 23.0 Å². The molecule has 0 atom stereocenters. The Hall–Kier alpha value is -2.11. The van der Waals surface area contributed by atoms with Crippen LogP contribution in [0.3, 0.4) is 0 Å². The van der Waals surface area contributed by atoms with Crippen molar-refractivity contribution >= 4 is 17.5 Å². The Morgan fingerprint density at radius 3 is 2.41 bits per heavy atom. The first kappa shape index (κ1) is 14.8. The summed E-state index contributed by atoms with van der Waals surface area (Å²) in [5, 5.41) is 2.37. The molecule has 3 rings (SSSR count). The molecule has 1 aromatic rings. The van der Waals surface area contributed by atoms with Crippen LogP contribution in [0, 0.1) is 11.2 Å². The molecule has 0 bridgehead atoms. The third-order valence-corrected chi connectivity index (χ3v) is 4.66. The van der Waals surface area contributed by atoms with Gasteiger partial charge in [-0.05, 0) is 30.4 Å². The molecule has 0 radical (unpaired) electrons. The van der Waals surface area contributed by atoms with Crippen LogP contribution < -0.4 is 15.0 Å². The van der Waals surface area contributed by atoms with Gasteiger partial charge < -0.3 is 9.64 Å². The highest BCUT2D eigenvalue weighted by molar-refractivity contribution is 5.98. The van der Waals surface area contributed by atoms with E-state index in [1.165, 1.54) is 19.2 Å². The van der Waals surface area contributed by atoms with Crippen LogP contribution in [-0.4, -0.2) is 32.0 Å². The zero-order valence-electron chi connectivity index (χ0n) is 12.5. The van der Waals surface area contributed by atoms with E-state index < -0.39 is 0 Å². The van der Waals surface area contributed by atoms with Crippen molar-refractivity contribution in [2.24, 2.45) is 5.41 Å². The van der Waals surface area contributed by atoms with Crippen LogP contribution in [0.2, 0.25) is 0 Å². The molecule has 1 N–H and O–H groups in total. The lowest BCUT2D eigenvalue weighted by atomic mass is 9.71. The van der Waals surface area contributed by atoms with Crippen molar-refractivity contribution in [3.8, 4) is 5.75 Å². The molecule has 2 fully saturated rings. The normalized spacial score (nSPS) is 20.9. The van der Waals surface area contributed by atoms with Crippen molar-refractivity contribution in [3.05, 3.63) is 24.0 Å². The number of anilines is 1. The van der Waals surface area contributed by atoms with Crippen molar-refractivity contribution < 1.29 is 18.7 Å². The number of ether oxygens (including phenoxy) is 1. The number of benzene rings is 1. The van der Waals surface area contributed by atoms with Crippen molar-refractivity contribution in [1.82, 2.24) is 5.32 Å². The fourth-order valence-electron chi connectivity index (χ4n) is 3.48. The molecule has 1 aromatic carbocycles. The highest BCUT2D eigenvalue weighted by Gasteiger charge is 2.42. The molecule has 0 aromatic heterocycles. The van der Waals surface area contributed by atoms with Gasteiger partial charge in [-0.25, -0.2) is 4.39 Å². The summed E-state index contributed by atoms with van der Waals surface area (Å²) in [6, 6.07) is 4.50. The lowest BCUT2D eigenvalue weighted by molar-refractivity contribution is -0.138. The number of piperidine rings is 2. The van der Waals surface area contributed by atoms with E-state index in [0.717, 1.165) is 31.6 Å². The largest absolute Gasteiger partial charge is 0.494 e. The van der Waals surface area contributed by atoms with E-state index in [4.69, 9.17) is 4.74 Å². The summed E-state index contributed by atoms with van der Waals surface area (Å²) >= 11 is 0. The van der Waals surface area contributed by atoms with E-state index in [9.17, 15) is 14.0 Å². The van der Waals surface area contributed by atoms with Crippen molar-refractivity contribution in [3.63, 3.8) is 0 Å². The number of methoxy groups -OCH3 is 1. The number of nitrogens with zero attached hydrogens (tertiary/aromatic N) is 1. The first-order valence-corrected chi connectivity index (χ1v) is 7.43. The number of rotatable bonds is 2. The van der Waals surface area contributed by atoms with Gasteiger partial charge in [0.1, 0.15) is 11.6 Å². The van der Waals surface area contributed by atoms with E-state index in [1.54, 1.807) is 6.07 Å². The number of hydrogen-bond acceptors (Lipinski definition) is 4. The van der Waals surface area contributed by atoms with Gasteiger partial charge in [0.15, 0.2) is 0 Å². The summed E-state index contributed by atoms with van der Waals surface area (Å²) in [5.74, 6) is -0.176. The minimum absolute atomic E-state index is 0.177. The summed E-state index contributed by atoms with van der Waals surface area (Å²) in [4.78, 5) is 25.4. The molecule has 0 saturated carbocycles. The van der Waals surface area contributed by atoms with Gasteiger partial charge in [-0.15, -0.1) is 0 Å². The molecule has 2 amide bonds. The second-order valence-corrected chi connectivity index (χ2v) is 6.13. The summed E-state index contributed by atoms with van der Waals surface area (Å²) < 4.78 is 18.5. The summed E-state index contributed by atoms with van der Waals surface area (Å²) in [5.41, 5.74) is 0.633. The van der Waals surface area contributed by atoms with Crippen LogP contribution in [-0.2, 0) is 9.59 Å². The van der Waals surface area contributed by atoms with Gasteiger partial charge >= 0.3 is 0 Å². The number of nitrogens with one attached hydrogen (secondary N) is 1. The van der Waals surface area contributed by atoms with Crippen LogP contribution in [0.25, 0.3) is 0 Å². The molecule has 0 aliphatic carbocycles. The number of carbonyl (C=O) groups is 2. The lowest BCUT2D eigenvalue weighted by Gasteiger charge is -2.44. The van der Waals surface area contributed by atoms with Gasteiger partial charge in [-0.1, -0.05) is 0 Å². The number of hydrogen-bond donors (Lipinski definition) is 1. The summed E-state index contributed by atoms with van der Waals surface area (Å²) in [6.45, 7) is 1.45. The monoisotopic (exact) mass is 306 g/mol. The topological polar surface area (TPSA) is 58.6 Å². The zero-order valence-corrected chi connectivity index (χ0v) is 12.5. The van der Waals surface area contributed by atoms with Gasteiger partial charge in [0.25, 0.3) is 0 Å². The fourth-order valence-corrected chi connectivity index (χ4v) is 3.48. The predicted octanol–water partition coefficient (Wildman–Crippen LogP) is 1.86. The van der Waals surface area contributed by atoms with Crippen LogP contribution in [0.4, 0.5) is 10.1 Å². The lowest BCUT2D eigenvalue weighted by Crippen LogP contribution is -2.50. The zero-order chi connectivity index (χ0) is 15.7. The highest BCUT2D eigenvalue weighted by atomic mass is 19.1. The number of carbonyl (C=O) groups excluding carboxylic acids is 2. The van der Waals surface area contributed by atoms with Gasteiger partial charge in [0.2, 0.25) is 11.8 Å². The molecular weight excluding hydrogens is 287 g/mol. The van der Waals surface area contributed by atoms with Crippen LogP contribution in [0.1, 0.15) is 25.7 Å². The van der Waals surface area contributed by atoms with E-state index in [2.05, 4.69) is 10.2 Å². The first-order valence-electron chi connectivity index (χ1n) is 7.43. The summed E-state index contributed by atoms with van der Waals surface area (Å²) in [7, 11) is 1.52. The van der Waals surface area contributed by atoms with Crippen LogP contribution >= 0.6 is 0 Å². The molecular formula is C16H19FN2O3. The number of amides is 2. The predicted molar refractivity (Wildman–Crippen MR) is 79.2 cm³/mol. The highest BCUT2D eigenvalue weighted by Crippen LogP contribution is 2.42. The van der Waals surface area contributed by atoms with Crippen LogP contribution in [0.5, 0.6) is 5.75 Å². The third kappa shape index (κ3) is 2.77. The quantitative estimate of drug-likeness (QED) is 0.847. The SMILES string of the molecule is COc1cc(F)ccc1N1CCC2(CC1)CC(=O)NC(=O)C2. The fraction of sp³-hybridized carbons (Fsp3) is 0.500. The van der Waals surface area contributed by atoms with Gasteiger partial charge in [-0.2, -0.15) is 0 Å². The minimum Gasteiger partial charge on any atom is -0.494 e. The first-order chi connectivity index (χ1) is 10.5. The third-order valence-electron chi connectivity index (χ3n) is 4.66. The van der Waals surface area contributed by atoms with Crippen LogP contribution in [0.15, 0.2) is 18.2 Å². The van der Waals surface area contributed by atoms with E-state index in [1.807, 2.05) is 0 Å². The Labute approximate surface area is 128 Å². The Morgan fingerprint density at radius 2 is 1.82 bits per heavy atom. The average molecular weight is 306 g/mol. The maximum absolute atomic E-state index is 13.3. The molecule has 2 aliphatic rings. The Bertz CT molecular complexity index is 591. The van der Waals surface area contributed by atoms with Crippen molar-refractivity contribution in [2.75, 3.05) is 25.1 Å². The Kier molecular flexibility index (Phi) is 3.76. The molecule has 0 unspecified atom stereocenters. The minimum atomic E-state index is -0.330. The maximum Gasteiger partial charge on any atom is 0.227 e. The molecule has 2 aliphatic heterocycles. The molecule has 2 saturated heterocycles. The van der Waals surface area contributed by atoms with Gasteiger partial charge in [-0.3, -0.25) is 14.9 Å². The Morgan fingerprint density at radius 1 is 1.18 bits per heavy atom. The average Bonchev–Trinajstić information content (AvgIpc) is 2.47. The maximum atomic E-state index is 13.3. The molecule has 2 heterocycles. The van der Waals surface area contributed by atoms with Gasteiger partial charge in [0, 0.05) is 32.0 Å². The summed E-state index contributed by atoms with van der Waals surface area (Å²) in [6.07, 6.45) is 2.36. The van der Waals surface area contributed by atoms with Gasteiger partial charge in [0.05, 0.1) is 12.8 Å². The number of halogens is 1. The second-order valence-electron chi connectivity index (χ2n) is 6.13. The van der Waals surface area contributed by atoms with Crippen molar-refractivity contribution in [1.29, 1.82) is 0 Å². The molecule has 22 heavy (non-hydrogen) atoms. The van der Waals surface area contributed by atoms with E-state index in [0.29, 0.717) is 18.6 Å².